The van der Waals surface area contributed by atoms with E-state index >= 15 is 0 Å². The van der Waals surface area contributed by atoms with Gasteiger partial charge in [-0.05, 0) is 29.7 Å². The molecule has 0 spiro atoms. The van der Waals surface area contributed by atoms with Crippen molar-refractivity contribution >= 4 is 19.9 Å². The molecule has 108 valence electrons. The van der Waals surface area contributed by atoms with Crippen LogP contribution < -0.4 is 4.72 Å². The van der Waals surface area contributed by atoms with Crippen molar-refractivity contribution in [3.8, 4) is 0 Å². The van der Waals surface area contributed by atoms with Crippen LogP contribution >= 0.6 is 0 Å². The van der Waals surface area contributed by atoms with Crippen LogP contribution in [0.25, 0.3) is 0 Å². The third-order valence-corrected chi connectivity index (χ3v) is 4.90. The van der Waals surface area contributed by atoms with Gasteiger partial charge in [0.05, 0.1) is 9.79 Å². The minimum Gasteiger partial charge on any atom is -0.224 e. The highest BCUT2D eigenvalue weighted by molar-refractivity contribution is 7.90. The van der Waals surface area contributed by atoms with E-state index in [0.29, 0.717) is 6.54 Å². The molecule has 0 atom stereocenters. The summed E-state index contributed by atoms with van der Waals surface area (Å²) < 4.78 is 49.0. The van der Waals surface area contributed by atoms with Crippen LogP contribution in [0.5, 0.6) is 0 Å². The van der Waals surface area contributed by atoms with Gasteiger partial charge in [-0.25, -0.2) is 21.6 Å². The van der Waals surface area contributed by atoms with E-state index in [-0.39, 0.29) is 15.2 Å². The lowest BCUT2D eigenvalue weighted by Crippen LogP contribution is -2.32. The maximum atomic E-state index is 12.0. The lowest BCUT2D eigenvalue weighted by atomic mass is 9.98. The highest BCUT2D eigenvalue weighted by atomic mass is 32.2. The summed E-state index contributed by atoms with van der Waals surface area (Å²) >= 11 is 0. The van der Waals surface area contributed by atoms with Crippen LogP contribution in [-0.4, -0.2) is 29.6 Å². The first-order valence-corrected chi connectivity index (χ1v) is 9.09. The molecule has 1 N–H and O–H groups in total. The minimum absolute atomic E-state index is 0.0594. The molecule has 1 aromatic rings. The number of rotatable bonds is 4. The number of nitrogens with one attached hydrogen (secondary N) is 1. The van der Waals surface area contributed by atoms with Gasteiger partial charge in [0.1, 0.15) is 0 Å². The number of hydrogen-bond donors (Lipinski definition) is 1. The molecule has 0 fully saturated rings. The Bertz CT molecular complexity index is 638. The summed E-state index contributed by atoms with van der Waals surface area (Å²) in [4.78, 5) is 0.159. The monoisotopic (exact) mass is 305 g/mol. The SMILES string of the molecule is CC(C)(C)CNS(=O)(=O)c1ccc(S(C)(=O)=O)cc1. The second kappa shape index (κ2) is 5.22. The highest BCUT2D eigenvalue weighted by Crippen LogP contribution is 2.16. The highest BCUT2D eigenvalue weighted by Gasteiger charge is 2.19. The first-order chi connectivity index (χ1) is 8.42. The van der Waals surface area contributed by atoms with E-state index in [1.165, 1.54) is 24.3 Å². The Hall–Kier alpha value is -0.920. The zero-order valence-electron chi connectivity index (χ0n) is 11.5. The summed E-state index contributed by atoms with van der Waals surface area (Å²) in [5.74, 6) is 0. The van der Waals surface area contributed by atoms with Gasteiger partial charge < -0.3 is 0 Å². The molecule has 0 radical (unpaired) electrons. The van der Waals surface area contributed by atoms with Gasteiger partial charge in [-0.15, -0.1) is 0 Å². The van der Waals surface area contributed by atoms with Crippen LogP contribution in [0.2, 0.25) is 0 Å². The van der Waals surface area contributed by atoms with E-state index in [1.807, 2.05) is 20.8 Å². The molecule has 0 bridgehead atoms. The summed E-state index contributed by atoms with van der Waals surface area (Å²) in [5.41, 5.74) is -0.167. The summed E-state index contributed by atoms with van der Waals surface area (Å²) in [6.07, 6.45) is 1.08. The Balaban J connectivity index is 2.98. The van der Waals surface area contributed by atoms with E-state index in [1.54, 1.807) is 0 Å². The maximum absolute atomic E-state index is 12.0. The van der Waals surface area contributed by atoms with Gasteiger partial charge in [0, 0.05) is 12.8 Å². The summed E-state index contributed by atoms with van der Waals surface area (Å²) in [6.45, 7) is 6.07. The van der Waals surface area contributed by atoms with Crippen molar-refractivity contribution in [2.24, 2.45) is 5.41 Å². The molecule has 0 heterocycles. The van der Waals surface area contributed by atoms with Crippen molar-refractivity contribution in [3.63, 3.8) is 0 Å². The van der Waals surface area contributed by atoms with Gasteiger partial charge in [0.2, 0.25) is 10.0 Å². The molecule has 0 unspecified atom stereocenters. The molecule has 0 saturated carbocycles. The Morgan fingerprint density at radius 3 is 1.74 bits per heavy atom. The van der Waals surface area contributed by atoms with Crippen LogP contribution in [0.4, 0.5) is 0 Å². The molecule has 0 amide bonds. The summed E-state index contributed by atoms with van der Waals surface area (Å²) in [7, 11) is -6.92. The van der Waals surface area contributed by atoms with Gasteiger partial charge in [-0.1, -0.05) is 20.8 Å². The number of sulfone groups is 1. The second-order valence-corrected chi connectivity index (χ2v) is 9.41. The normalized spacial score (nSPS) is 13.5. The van der Waals surface area contributed by atoms with Gasteiger partial charge in [0.15, 0.2) is 9.84 Å². The fraction of sp³-hybridized carbons (Fsp3) is 0.500. The number of benzene rings is 1. The standard InChI is InChI=1S/C12H19NO4S2/c1-12(2,3)9-13-19(16,17)11-7-5-10(6-8-11)18(4,14)15/h5-8,13H,9H2,1-4H3. The van der Waals surface area contributed by atoms with Gasteiger partial charge >= 0.3 is 0 Å². The van der Waals surface area contributed by atoms with Gasteiger partial charge in [-0.2, -0.15) is 0 Å². The molecule has 0 aliphatic carbocycles. The predicted molar refractivity (Wildman–Crippen MR) is 74.2 cm³/mol. The van der Waals surface area contributed by atoms with Crippen molar-refractivity contribution in [1.29, 1.82) is 0 Å². The lowest BCUT2D eigenvalue weighted by molar-refractivity contribution is 0.407. The van der Waals surface area contributed by atoms with Crippen LogP contribution in [0, 0.1) is 5.41 Å². The van der Waals surface area contributed by atoms with E-state index in [9.17, 15) is 16.8 Å². The van der Waals surface area contributed by atoms with Crippen molar-refractivity contribution in [3.05, 3.63) is 24.3 Å². The molecule has 5 nitrogen and oxygen atoms in total. The Kier molecular flexibility index (Phi) is 4.44. The molecule has 1 aromatic carbocycles. The van der Waals surface area contributed by atoms with Crippen molar-refractivity contribution in [1.82, 2.24) is 4.72 Å². The first-order valence-electron chi connectivity index (χ1n) is 5.72. The molecule has 0 saturated heterocycles. The fourth-order valence-corrected chi connectivity index (χ4v) is 3.18. The van der Waals surface area contributed by atoms with E-state index in [4.69, 9.17) is 0 Å². The molecule has 1 rings (SSSR count). The van der Waals surface area contributed by atoms with Gasteiger partial charge in [-0.3, -0.25) is 0 Å². The minimum atomic E-state index is -3.60. The molecule has 0 aliphatic rings. The van der Waals surface area contributed by atoms with Crippen molar-refractivity contribution < 1.29 is 16.8 Å². The van der Waals surface area contributed by atoms with Crippen LogP contribution in [0.3, 0.4) is 0 Å². The Morgan fingerprint density at radius 2 is 1.37 bits per heavy atom. The van der Waals surface area contributed by atoms with Crippen LogP contribution in [0.15, 0.2) is 34.1 Å². The molecular formula is C12H19NO4S2. The van der Waals surface area contributed by atoms with Crippen molar-refractivity contribution in [2.45, 2.75) is 30.6 Å². The summed E-state index contributed by atoms with van der Waals surface area (Å²) in [5, 5.41) is 0. The Morgan fingerprint density at radius 1 is 0.947 bits per heavy atom. The smallest absolute Gasteiger partial charge is 0.224 e. The topological polar surface area (TPSA) is 80.3 Å². The molecular weight excluding hydrogens is 286 g/mol. The van der Waals surface area contributed by atoms with Crippen molar-refractivity contribution in [2.75, 3.05) is 12.8 Å². The lowest BCUT2D eigenvalue weighted by Gasteiger charge is -2.18. The Labute approximate surface area is 115 Å². The average molecular weight is 305 g/mol. The predicted octanol–water partition coefficient (Wildman–Crippen LogP) is 1.41. The first kappa shape index (κ1) is 16.1. The molecule has 0 aliphatic heterocycles. The second-order valence-electron chi connectivity index (χ2n) is 5.63. The average Bonchev–Trinajstić information content (AvgIpc) is 2.25. The van der Waals surface area contributed by atoms with E-state index in [0.717, 1.165) is 6.26 Å². The van der Waals surface area contributed by atoms with Crippen LogP contribution in [0.1, 0.15) is 20.8 Å². The third kappa shape index (κ3) is 4.93. The molecule has 19 heavy (non-hydrogen) atoms. The quantitative estimate of drug-likeness (QED) is 0.912. The molecule has 0 aromatic heterocycles. The summed E-state index contributed by atoms with van der Waals surface area (Å²) in [6, 6.07) is 5.17. The fourth-order valence-electron chi connectivity index (χ4n) is 1.26. The largest absolute Gasteiger partial charge is 0.240 e. The number of hydrogen-bond acceptors (Lipinski definition) is 4. The molecule has 7 heteroatoms. The van der Waals surface area contributed by atoms with E-state index < -0.39 is 19.9 Å². The maximum Gasteiger partial charge on any atom is 0.240 e. The zero-order chi connectivity index (χ0) is 14.9. The van der Waals surface area contributed by atoms with E-state index in [2.05, 4.69) is 4.72 Å². The van der Waals surface area contributed by atoms with Crippen LogP contribution in [-0.2, 0) is 19.9 Å². The third-order valence-electron chi connectivity index (χ3n) is 2.35. The number of sulfonamides is 1. The van der Waals surface area contributed by atoms with Gasteiger partial charge in [0.25, 0.3) is 0 Å². The zero-order valence-corrected chi connectivity index (χ0v) is 13.1.